The Morgan fingerprint density at radius 2 is 2.19 bits per heavy atom. The Balaban J connectivity index is 2.64. The fourth-order valence-electron chi connectivity index (χ4n) is 1.54. The lowest BCUT2D eigenvalue weighted by Crippen LogP contribution is -2.08. The van der Waals surface area contributed by atoms with E-state index in [1.165, 1.54) is 0 Å². The number of ether oxygens (including phenoxy) is 2. The summed E-state index contributed by atoms with van der Waals surface area (Å²) in [4.78, 5) is 11.3. The molecule has 88 valence electrons. The predicted octanol–water partition coefficient (Wildman–Crippen LogP) is 2.75. The van der Waals surface area contributed by atoms with Crippen molar-refractivity contribution in [3.63, 3.8) is 0 Å². The van der Waals surface area contributed by atoms with Gasteiger partial charge in [0, 0.05) is 0 Å². The van der Waals surface area contributed by atoms with Gasteiger partial charge in [-0.15, -0.1) is 0 Å². The first-order chi connectivity index (χ1) is 7.67. The van der Waals surface area contributed by atoms with Gasteiger partial charge in [-0.05, 0) is 30.5 Å². The molecule has 0 N–H and O–H groups in total. The van der Waals surface area contributed by atoms with E-state index < -0.39 is 0 Å². The van der Waals surface area contributed by atoms with Crippen LogP contribution in [0.3, 0.4) is 0 Å². The highest BCUT2D eigenvalue weighted by molar-refractivity contribution is 5.70. The molecule has 16 heavy (non-hydrogen) atoms. The van der Waals surface area contributed by atoms with Crippen molar-refractivity contribution in [3.05, 3.63) is 29.8 Å². The average Bonchev–Trinajstić information content (AvgIpc) is 2.29. The normalized spacial score (nSPS) is 11.9. The summed E-state index contributed by atoms with van der Waals surface area (Å²) in [5.41, 5.74) is 1.09. The zero-order valence-corrected chi connectivity index (χ0v) is 10.0. The lowest BCUT2D eigenvalue weighted by atomic mass is 9.98. The lowest BCUT2D eigenvalue weighted by molar-refractivity contribution is -0.143. The van der Waals surface area contributed by atoms with E-state index in [1.807, 2.05) is 38.1 Å². The first-order valence-corrected chi connectivity index (χ1v) is 5.47. The van der Waals surface area contributed by atoms with Crippen LogP contribution in [0, 0.1) is 0 Å². The number of hydrogen-bond donors (Lipinski definition) is 0. The van der Waals surface area contributed by atoms with Gasteiger partial charge < -0.3 is 9.47 Å². The first-order valence-electron chi connectivity index (χ1n) is 5.47. The van der Waals surface area contributed by atoms with Crippen molar-refractivity contribution in [2.24, 2.45) is 0 Å². The molecule has 0 aliphatic rings. The van der Waals surface area contributed by atoms with Crippen molar-refractivity contribution in [1.29, 1.82) is 0 Å². The second-order valence-electron chi connectivity index (χ2n) is 3.69. The number of benzene rings is 1. The topological polar surface area (TPSA) is 35.5 Å². The molecule has 0 aliphatic carbocycles. The van der Waals surface area contributed by atoms with E-state index in [9.17, 15) is 4.79 Å². The Labute approximate surface area is 96.4 Å². The highest BCUT2D eigenvalue weighted by Crippen LogP contribution is 2.23. The van der Waals surface area contributed by atoms with Gasteiger partial charge in [-0.2, -0.15) is 0 Å². The smallest absolute Gasteiger partial charge is 0.306 e. The molecule has 0 saturated heterocycles. The van der Waals surface area contributed by atoms with Crippen molar-refractivity contribution >= 4 is 5.97 Å². The second-order valence-corrected chi connectivity index (χ2v) is 3.69. The fourth-order valence-corrected chi connectivity index (χ4v) is 1.54. The Morgan fingerprint density at radius 1 is 1.44 bits per heavy atom. The molecule has 0 bridgehead atoms. The summed E-state index contributed by atoms with van der Waals surface area (Å²) in [6, 6.07) is 7.76. The number of carbonyl (C=O) groups is 1. The van der Waals surface area contributed by atoms with Gasteiger partial charge in [0.2, 0.25) is 0 Å². The zero-order valence-electron chi connectivity index (χ0n) is 10.0. The summed E-state index contributed by atoms with van der Waals surface area (Å²) in [6.45, 7) is 4.25. The molecule has 1 aromatic rings. The number of hydrogen-bond acceptors (Lipinski definition) is 3. The van der Waals surface area contributed by atoms with E-state index in [-0.39, 0.29) is 11.9 Å². The molecule has 0 aromatic heterocycles. The molecule has 0 aliphatic heterocycles. The molecule has 1 atom stereocenters. The zero-order chi connectivity index (χ0) is 12.0. The number of esters is 1. The summed E-state index contributed by atoms with van der Waals surface area (Å²) >= 11 is 0. The van der Waals surface area contributed by atoms with Gasteiger partial charge in [-0.3, -0.25) is 4.79 Å². The maximum absolute atomic E-state index is 11.3. The van der Waals surface area contributed by atoms with Gasteiger partial charge in [0.05, 0.1) is 20.1 Å². The minimum absolute atomic E-state index is 0.147. The minimum Gasteiger partial charge on any atom is -0.497 e. The van der Waals surface area contributed by atoms with Gasteiger partial charge >= 0.3 is 5.97 Å². The van der Waals surface area contributed by atoms with Crippen LogP contribution >= 0.6 is 0 Å². The van der Waals surface area contributed by atoms with Crippen LogP contribution in [0.25, 0.3) is 0 Å². The summed E-state index contributed by atoms with van der Waals surface area (Å²) in [5, 5.41) is 0. The van der Waals surface area contributed by atoms with Crippen molar-refractivity contribution in [2.45, 2.75) is 26.2 Å². The second kappa shape index (κ2) is 6.16. The van der Waals surface area contributed by atoms with E-state index in [0.29, 0.717) is 13.0 Å². The molecule has 0 saturated carbocycles. The molecule has 1 aromatic carbocycles. The molecule has 0 fully saturated rings. The highest BCUT2D eigenvalue weighted by atomic mass is 16.5. The van der Waals surface area contributed by atoms with Gasteiger partial charge in [-0.1, -0.05) is 19.1 Å². The molecule has 1 rings (SSSR count). The number of methoxy groups -OCH3 is 1. The molecular formula is C13H18O3. The SMILES string of the molecule is CCOC(=O)C[C@@H](C)c1cccc(OC)c1. The van der Waals surface area contributed by atoms with Crippen LogP contribution in [0.1, 0.15) is 31.7 Å². The first kappa shape index (κ1) is 12.6. The summed E-state index contributed by atoms with van der Waals surface area (Å²) < 4.78 is 10.1. The van der Waals surface area contributed by atoms with Crippen molar-refractivity contribution < 1.29 is 14.3 Å². The summed E-state index contributed by atoms with van der Waals surface area (Å²) in [7, 11) is 1.63. The Kier molecular flexibility index (Phi) is 4.83. The molecule has 3 heteroatoms. The molecule has 0 heterocycles. The molecule has 3 nitrogen and oxygen atoms in total. The van der Waals surface area contributed by atoms with Gasteiger partial charge in [-0.25, -0.2) is 0 Å². The van der Waals surface area contributed by atoms with Crippen LogP contribution in [0.4, 0.5) is 0 Å². The van der Waals surface area contributed by atoms with Crippen LogP contribution in [-0.2, 0) is 9.53 Å². The van der Waals surface area contributed by atoms with E-state index >= 15 is 0 Å². The third-order valence-corrected chi connectivity index (χ3v) is 2.44. The van der Waals surface area contributed by atoms with Crippen LogP contribution < -0.4 is 4.74 Å². The van der Waals surface area contributed by atoms with E-state index in [4.69, 9.17) is 9.47 Å². The van der Waals surface area contributed by atoms with Crippen LogP contribution in [-0.4, -0.2) is 19.7 Å². The van der Waals surface area contributed by atoms with E-state index in [2.05, 4.69) is 0 Å². The van der Waals surface area contributed by atoms with E-state index in [1.54, 1.807) is 7.11 Å². The highest BCUT2D eigenvalue weighted by Gasteiger charge is 2.12. The van der Waals surface area contributed by atoms with Gasteiger partial charge in [0.1, 0.15) is 5.75 Å². The van der Waals surface area contributed by atoms with Gasteiger partial charge in [0.25, 0.3) is 0 Å². The van der Waals surface area contributed by atoms with Crippen LogP contribution in [0.5, 0.6) is 5.75 Å². The van der Waals surface area contributed by atoms with Crippen molar-refractivity contribution in [1.82, 2.24) is 0 Å². The van der Waals surface area contributed by atoms with E-state index in [0.717, 1.165) is 11.3 Å². The Morgan fingerprint density at radius 3 is 2.81 bits per heavy atom. The Hall–Kier alpha value is -1.51. The van der Waals surface area contributed by atoms with Gasteiger partial charge in [0.15, 0.2) is 0 Å². The predicted molar refractivity (Wildman–Crippen MR) is 62.7 cm³/mol. The molecule has 0 spiro atoms. The number of carbonyl (C=O) groups excluding carboxylic acids is 1. The van der Waals surface area contributed by atoms with Crippen molar-refractivity contribution in [2.75, 3.05) is 13.7 Å². The minimum atomic E-state index is -0.155. The molecule has 0 radical (unpaired) electrons. The molecule has 0 amide bonds. The quantitative estimate of drug-likeness (QED) is 0.719. The summed E-state index contributed by atoms with van der Waals surface area (Å²) in [5.74, 6) is 0.806. The van der Waals surface area contributed by atoms with Crippen LogP contribution in [0.2, 0.25) is 0 Å². The van der Waals surface area contributed by atoms with Crippen LogP contribution in [0.15, 0.2) is 24.3 Å². The maximum Gasteiger partial charge on any atom is 0.306 e. The Bertz CT molecular complexity index is 347. The maximum atomic E-state index is 11.3. The third-order valence-electron chi connectivity index (χ3n) is 2.44. The third kappa shape index (κ3) is 3.57. The fraction of sp³-hybridized carbons (Fsp3) is 0.462. The average molecular weight is 222 g/mol. The lowest BCUT2D eigenvalue weighted by Gasteiger charge is -2.12. The monoisotopic (exact) mass is 222 g/mol. The van der Waals surface area contributed by atoms with Crippen molar-refractivity contribution in [3.8, 4) is 5.75 Å². The standard InChI is InChI=1S/C13H18O3/c1-4-16-13(14)8-10(2)11-6-5-7-12(9-11)15-3/h5-7,9-10H,4,8H2,1-3H3/t10-/m1/s1. The number of rotatable bonds is 5. The largest absolute Gasteiger partial charge is 0.497 e. The molecular weight excluding hydrogens is 204 g/mol. The summed E-state index contributed by atoms with van der Waals surface area (Å²) in [6.07, 6.45) is 0.404. The molecule has 0 unspecified atom stereocenters.